The van der Waals surface area contributed by atoms with Gasteiger partial charge in [0.05, 0.1) is 36.4 Å². The summed E-state index contributed by atoms with van der Waals surface area (Å²) >= 11 is 0. The maximum absolute atomic E-state index is 14.8. The molecule has 0 fully saturated rings. The van der Waals surface area contributed by atoms with Gasteiger partial charge in [-0.15, -0.1) is 0 Å². The first kappa shape index (κ1) is 18.4. The monoisotopic (exact) mass is 368 g/mol. The van der Waals surface area contributed by atoms with E-state index in [2.05, 4.69) is 0 Å². The molecule has 6 nitrogen and oxygen atoms in total. The van der Waals surface area contributed by atoms with Gasteiger partial charge in [-0.3, -0.25) is 14.5 Å². The van der Waals surface area contributed by atoms with Gasteiger partial charge in [0, 0.05) is 0 Å². The average molecular weight is 368 g/mol. The molecule has 3 rings (SSSR count). The van der Waals surface area contributed by atoms with E-state index in [-0.39, 0.29) is 53.5 Å². The van der Waals surface area contributed by atoms with Gasteiger partial charge in [-0.05, 0) is 37.6 Å². The first-order valence-corrected chi connectivity index (χ1v) is 8.49. The summed E-state index contributed by atoms with van der Waals surface area (Å²) in [5.74, 6) is -1.85. The number of ether oxygens (including phenoxy) is 2. The molecule has 0 aromatic heterocycles. The van der Waals surface area contributed by atoms with Crippen LogP contribution in [-0.4, -0.2) is 29.9 Å². The van der Waals surface area contributed by atoms with Crippen molar-refractivity contribution in [3.8, 4) is 17.6 Å². The largest absolute Gasteiger partial charge is 0.490 e. The van der Waals surface area contributed by atoms with Crippen LogP contribution < -0.4 is 9.47 Å². The van der Waals surface area contributed by atoms with Crippen molar-refractivity contribution in [3.05, 3.63) is 58.4 Å². The van der Waals surface area contributed by atoms with Crippen LogP contribution in [-0.2, 0) is 6.54 Å². The minimum atomic E-state index is -0.864. The number of benzene rings is 2. The lowest BCUT2D eigenvalue weighted by Gasteiger charge is -2.18. The zero-order valence-corrected chi connectivity index (χ0v) is 14.9. The second-order valence-electron chi connectivity index (χ2n) is 5.77. The molecule has 0 saturated heterocycles. The van der Waals surface area contributed by atoms with Crippen molar-refractivity contribution < 1.29 is 23.5 Å². The number of nitriles is 1. The maximum Gasteiger partial charge on any atom is 0.261 e. The number of carbonyl (C=O) groups excluding carboxylic acids is 2. The SMILES string of the molecule is CCOc1cc(CN2C(=O)c3ccccc3C2=O)c(C#N)c(F)c1OCC. The van der Waals surface area contributed by atoms with Crippen molar-refractivity contribution >= 4 is 11.8 Å². The van der Waals surface area contributed by atoms with Gasteiger partial charge in [0.1, 0.15) is 6.07 Å². The van der Waals surface area contributed by atoms with Crippen LogP contribution in [0, 0.1) is 17.1 Å². The molecule has 2 aromatic carbocycles. The molecule has 138 valence electrons. The first-order valence-electron chi connectivity index (χ1n) is 8.49. The zero-order chi connectivity index (χ0) is 19.6. The van der Waals surface area contributed by atoms with E-state index in [4.69, 9.17) is 9.47 Å². The third kappa shape index (κ3) is 3.10. The lowest BCUT2D eigenvalue weighted by Crippen LogP contribution is -2.29. The van der Waals surface area contributed by atoms with Gasteiger partial charge in [-0.25, -0.2) is 4.39 Å². The van der Waals surface area contributed by atoms with Gasteiger partial charge in [-0.1, -0.05) is 12.1 Å². The van der Waals surface area contributed by atoms with Gasteiger partial charge >= 0.3 is 0 Å². The van der Waals surface area contributed by atoms with Crippen LogP contribution in [0.15, 0.2) is 30.3 Å². The molecule has 0 N–H and O–H groups in total. The summed E-state index contributed by atoms with van der Waals surface area (Å²) in [5, 5.41) is 9.42. The molecule has 1 heterocycles. The Labute approximate surface area is 155 Å². The number of hydrogen-bond acceptors (Lipinski definition) is 5. The highest BCUT2D eigenvalue weighted by atomic mass is 19.1. The van der Waals surface area contributed by atoms with E-state index < -0.39 is 17.6 Å². The predicted molar refractivity (Wildman–Crippen MR) is 94.1 cm³/mol. The molecule has 0 aliphatic carbocycles. The molecule has 2 amide bonds. The lowest BCUT2D eigenvalue weighted by atomic mass is 10.1. The molecule has 0 spiro atoms. The molecule has 0 saturated carbocycles. The molecular weight excluding hydrogens is 351 g/mol. The molecule has 1 aliphatic heterocycles. The summed E-state index contributed by atoms with van der Waals surface area (Å²) in [4.78, 5) is 26.1. The second-order valence-corrected chi connectivity index (χ2v) is 5.77. The number of hydrogen-bond donors (Lipinski definition) is 0. The van der Waals surface area contributed by atoms with E-state index in [9.17, 15) is 19.2 Å². The fourth-order valence-electron chi connectivity index (χ4n) is 3.00. The normalized spacial score (nSPS) is 12.7. The Bertz CT molecular complexity index is 930. The minimum absolute atomic E-state index is 0.127. The Morgan fingerprint density at radius 3 is 2.19 bits per heavy atom. The highest BCUT2D eigenvalue weighted by molar-refractivity contribution is 6.21. The van der Waals surface area contributed by atoms with Crippen LogP contribution in [0.1, 0.15) is 45.7 Å². The molecule has 2 aromatic rings. The maximum atomic E-state index is 14.8. The Balaban J connectivity index is 2.04. The van der Waals surface area contributed by atoms with Crippen molar-refractivity contribution in [1.29, 1.82) is 5.26 Å². The Morgan fingerprint density at radius 2 is 1.67 bits per heavy atom. The summed E-state index contributed by atoms with van der Waals surface area (Å²) in [6, 6.07) is 9.69. The van der Waals surface area contributed by atoms with E-state index >= 15 is 0 Å². The summed E-state index contributed by atoms with van der Waals surface area (Å²) in [6.07, 6.45) is 0. The number of imide groups is 1. The van der Waals surface area contributed by atoms with E-state index in [1.165, 1.54) is 6.07 Å². The highest BCUT2D eigenvalue weighted by Gasteiger charge is 2.36. The van der Waals surface area contributed by atoms with E-state index in [1.54, 1.807) is 44.2 Å². The Kier molecular flexibility index (Phi) is 5.08. The van der Waals surface area contributed by atoms with Crippen LogP contribution >= 0.6 is 0 Å². The summed E-state index contributed by atoms with van der Waals surface area (Å²) < 4.78 is 25.5. The fraction of sp³-hybridized carbons (Fsp3) is 0.250. The number of amides is 2. The zero-order valence-electron chi connectivity index (χ0n) is 14.9. The third-order valence-corrected chi connectivity index (χ3v) is 4.18. The van der Waals surface area contributed by atoms with Crippen LogP contribution in [0.4, 0.5) is 4.39 Å². The first-order chi connectivity index (χ1) is 13.0. The Hall–Kier alpha value is -3.40. The number of carbonyl (C=O) groups is 2. The van der Waals surface area contributed by atoms with Crippen molar-refractivity contribution in [3.63, 3.8) is 0 Å². The summed E-state index contributed by atoms with van der Waals surface area (Å²) in [5.41, 5.74) is 0.477. The molecule has 0 unspecified atom stereocenters. The third-order valence-electron chi connectivity index (χ3n) is 4.18. The number of halogens is 1. The van der Waals surface area contributed by atoms with E-state index in [1.807, 2.05) is 0 Å². The number of fused-ring (bicyclic) bond motifs is 1. The highest BCUT2D eigenvalue weighted by Crippen LogP contribution is 2.36. The molecule has 0 radical (unpaired) electrons. The van der Waals surface area contributed by atoms with Crippen molar-refractivity contribution in [2.45, 2.75) is 20.4 Å². The molecule has 27 heavy (non-hydrogen) atoms. The minimum Gasteiger partial charge on any atom is -0.490 e. The predicted octanol–water partition coefficient (Wildman–Crippen LogP) is 3.29. The molecular formula is C20H17FN2O4. The van der Waals surface area contributed by atoms with Crippen molar-refractivity contribution in [1.82, 2.24) is 4.90 Å². The molecule has 0 atom stereocenters. The smallest absolute Gasteiger partial charge is 0.261 e. The second kappa shape index (κ2) is 7.46. The topological polar surface area (TPSA) is 79.6 Å². The van der Waals surface area contributed by atoms with Gasteiger partial charge in [0.25, 0.3) is 11.8 Å². The quantitative estimate of drug-likeness (QED) is 0.731. The van der Waals surface area contributed by atoms with Crippen LogP contribution in [0.5, 0.6) is 11.5 Å². The molecule has 0 bridgehead atoms. The van der Waals surface area contributed by atoms with Gasteiger partial charge in [0.15, 0.2) is 17.3 Å². The van der Waals surface area contributed by atoms with Gasteiger partial charge in [0.2, 0.25) is 0 Å². The standard InChI is InChI=1S/C20H17FN2O4/c1-3-26-16-9-12(15(10-22)17(21)18(16)27-4-2)11-23-19(24)13-7-5-6-8-14(13)20(23)25/h5-9H,3-4,11H2,1-2H3. The van der Waals surface area contributed by atoms with Crippen LogP contribution in [0.3, 0.4) is 0 Å². The van der Waals surface area contributed by atoms with E-state index in [0.717, 1.165) is 4.90 Å². The summed E-state index contributed by atoms with van der Waals surface area (Å²) in [6.45, 7) is 3.64. The van der Waals surface area contributed by atoms with E-state index in [0.29, 0.717) is 0 Å². The van der Waals surface area contributed by atoms with Gasteiger partial charge in [-0.2, -0.15) is 5.26 Å². The average Bonchev–Trinajstić information content (AvgIpc) is 2.90. The number of nitrogens with zero attached hydrogens (tertiary/aromatic N) is 2. The fourth-order valence-corrected chi connectivity index (χ4v) is 3.00. The lowest BCUT2D eigenvalue weighted by molar-refractivity contribution is 0.0642. The Morgan fingerprint density at radius 1 is 1.07 bits per heavy atom. The van der Waals surface area contributed by atoms with Gasteiger partial charge < -0.3 is 9.47 Å². The van der Waals surface area contributed by atoms with Crippen molar-refractivity contribution in [2.24, 2.45) is 0 Å². The van der Waals surface area contributed by atoms with Crippen LogP contribution in [0.25, 0.3) is 0 Å². The van der Waals surface area contributed by atoms with Crippen LogP contribution in [0.2, 0.25) is 0 Å². The molecule has 1 aliphatic rings. The summed E-state index contributed by atoms with van der Waals surface area (Å²) in [7, 11) is 0. The molecule has 7 heteroatoms. The van der Waals surface area contributed by atoms with Crippen molar-refractivity contribution in [2.75, 3.05) is 13.2 Å². The number of rotatable bonds is 6.